The molecule has 0 radical (unpaired) electrons. The monoisotopic (exact) mass is 192 g/mol. The van der Waals surface area contributed by atoms with E-state index in [2.05, 4.69) is 12.1 Å². The van der Waals surface area contributed by atoms with E-state index < -0.39 is 0 Å². The van der Waals surface area contributed by atoms with Crippen LogP contribution < -0.4 is 4.74 Å². The van der Waals surface area contributed by atoms with E-state index in [-0.39, 0.29) is 0 Å². The quantitative estimate of drug-likeness (QED) is 0.733. The van der Waals surface area contributed by atoms with E-state index in [1.54, 1.807) is 0 Å². The minimum atomic E-state index is 0.311. The molecule has 0 amide bonds. The third-order valence-electron chi connectivity index (χ3n) is 2.49. The van der Waals surface area contributed by atoms with Gasteiger partial charge in [-0.2, -0.15) is 0 Å². The third-order valence-corrected chi connectivity index (χ3v) is 2.49. The van der Waals surface area contributed by atoms with Gasteiger partial charge in [-0.05, 0) is 37.5 Å². The Labute approximate surface area is 84.8 Å². The summed E-state index contributed by atoms with van der Waals surface area (Å²) in [6.45, 7) is 3.62. The van der Waals surface area contributed by atoms with E-state index in [0.29, 0.717) is 6.10 Å². The molecule has 2 rings (SSSR count). The molecule has 0 saturated carbocycles. The Hall–Kier alpha value is -1.02. The molecular formula is C12H16O2. The zero-order valence-electron chi connectivity index (χ0n) is 8.53. The van der Waals surface area contributed by atoms with Crippen LogP contribution in [0.5, 0.6) is 5.75 Å². The lowest BCUT2D eigenvalue weighted by Crippen LogP contribution is -1.96. The highest BCUT2D eigenvalue weighted by Crippen LogP contribution is 2.29. The van der Waals surface area contributed by atoms with E-state index in [1.165, 1.54) is 12.0 Å². The normalized spacial score (nSPS) is 21.1. The number of benzene rings is 1. The lowest BCUT2D eigenvalue weighted by atomic mass is 10.1. The summed E-state index contributed by atoms with van der Waals surface area (Å²) in [5.41, 5.74) is 1.27. The highest BCUT2D eigenvalue weighted by atomic mass is 16.5. The zero-order chi connectivity index (χ0) is 9.80. The number of hydrogen-bond acceptors (Lipinski definition) is 2. The minimum absolute atomic E-state index is 0.311. The van der Waals surface area contributed by atoms with Gasteiger partial charge in [-0.15, -0.1) is 0 Å². The van der Waals surface area contributed by atoms with Gasteiger partial charge in [0, 0.05) is 6.61 Å². The lowest BCUT2D eigenvalue weighted by molar-refractivity contribution is 0.112. The Balaban J connectivity index is 2.05. The summed E-state index contributed by atoms with van der Waals surface area (Å²) in [4.78, 5) is 0. The second-order valence-corrected chi connectivity index (χ2v) is 3.50. The fourth-order valence-corrected chi connectivity index (χ4v) is 1.79. The molecule has 1 aliphatic rings. The summed E-state index contributed by atoms with van der Waals surface area (Å²) in [6.07, 6.45) is 2.64. The average Bonchev–Trinajstić information content (AvgIpc) is 2.72. The molecule has 2 heteroatoms. The van der Waals surface area contributed by atoms with Gasteiger partial charge in [-0.3, -0.25) is 0 Å². The minimum Gasteiger partial charge on any atom is -0.494 e. The SMILES string of the molecule is CCOc1ccc(C2CCCO2)cc1. The molecule has 0 aliphatic carbocycles. The average molecular weight is 192 g/mol. The van der Waals surface area contributed by atoms with Gasteiger partial charge in [0.25, 0.3) is 0 Å². The Morgan fingerprint density at radius 3 is 2.71 bits per heavy atom. The van der Waals surface area contributed by atoms with Crippen LogP contribution >= 0.6 is 0 Å². The molecule has 1 atom stereocenters. The highest BCUT2D eigenvalue weighted by molar-refractivity contribution is 5.28. The molecular weight excluding hydrogens is 176 g/mol. The summed E-state index contributed by atoms with van der Waals surface area (Å²) < 4.78 is 11.0. The van der Waals surface area contributed by atoms with E-state index in [9.17, 15) is 0 Å². The van der Waals surface area contributed by atoms with Gasteiger partial charge in [0.15, 0.2) is 0 Å². The molecule has 1 fully saturated rings. The molecule has 76 valence electrons. The van der Waals surface area contributed by atoms with Crippen LogP contribution in [0, 0.1) is 0 Å². The fourth-order valence-electron chi connectivity index (χ4n) is 1.79. The fraction of sp³-hybridized carbons (Fsp3) is 0.500. The smallest absolute Gasteiger partial charge is 0.119 e. The number of hydrogen-bond donors (Lipinski definition) is 0. The molecule has 1 aliphatic heterocycles. The van der Waals surface area contributed by atoms with Crippen LogP contribution in [0.15, 0.2) is 24.3 Å². The highest BCUT2D eigenvalue weighted by Gasteiger charge is 2.17. The maximum atomic E-state index is 5.60. The van der Waals surface area contributed by atoms with Crippen LogP contribution in [0.4, 0.5) is 0 Å². The summed E-state index contributed by atoms with van der Waals surface area (Å²) in [5.74, 6) is 0.939. The van der Waals surface area contributed by atoms with Crippen molar-refractivity contribution in [2.75, 3.05) is 13.2 Å². The van der Waals surface area contributed by atoms with E-state index in [1.807, 2.05) is 19.1 Å². The molecule has 14 heavy (non-hydrogen) atoms. The first kappa shape index (κ1) is 9.53. The standard InChI is InChI=1S/C12H16O2/c1-2-13-11-7-5-10(6-8-11)12-4-3-9-14-12/h5-8,12H,2-4,9H2,1H3. The molecule has 2 nitrogen and oxygen atoms in total. The predicted octanol–water partition coefficient (Wildman–Crippen LogP) is 2.94. The van der Waals surface area contributed by atoms with Crippen LogP contribution in [0.3, 0.4) is 0 Å². The van der Waals surface area contributed by atoms with E-state index in [0.717, 1.165) is 25.4 Å². The summed E-state index contributed by atoms with van der Waals surface area (Å²) >= 11 is 0. The number of rotatable bonds is 3. The van der Waals surface area contributed by atoms with Crippen LogP contribution in [0.25, 0.3) is 0 Å². The van der Waals surface area contributed by atoms with Crippen molar-refractivity contribution < 1.29 is 9.47 Å². The molecule has 1 aromatic rings. The van der Waals surface area contributed by atoms with Crippen LogP contribution in [-0.4, -0.2) is 13.2 Å². The van der Waals surface area contributed by atoms with Crippen molar-refractivity contribution in [2.24, 2.45) is 0 Å². The van der Waals surface area contributed by atoms with Crippen LogP contribution in [0.1, 0.15) is 31.4 Å². The van der Waals surface area contributed by atoms with Gasteiger partial charge in [0.05, 0.1) is 12.7 Å². The second-order valence-electron chi connectivity index (χ2n) is 3.50. The lowest BCUT2D eigenvalue weighted by Gasteiger charge is -2.10. The predicted molar refractivity (Wildman–Crippen MR) is 55.5 cm³/mol. The van der Waals surface area contributed by atoms with Gasteiger partial charge < -0.3 is 9.47 Å². The van der Waals surface area contributed by atoms with Crippen molar-refractivity contribution in [3.8, 4) is 5.75 Å². The maximum absolute atomic E-state index is 5.60. The van der Waals surface area contributed by atoms with Gasteiger partial charge >= 0.3 is 0 Å². The molecule has 0 bridgehead atoms. The summed E-state index contributed by atoms with van der Waals surface area (Å²) in [7, 11) is 0. The topological polar surface area (TPSA) is 18.5 Å². The Kier molecular flexibility index (Phi) is 3.04. The number of ether oxygens (including phenoxy) is 2. The Morgan fingerprint density at radius 2 is 2.14 bits per heavy atom. The first-order chi connectivity index (χ1) is 6.90. The Bertz CT molecular complexity index is 273. The van der Waals surface area contributed by atoms with Crippen molar-refractivity contribution >= 4 is 0 Å². The largest absolute Gasteiger partial charge is 0.494 e. The van der Waals surface area contributed by atoms with Gasteiger partial charge in [0.2, 0.25) is 0 Å². The first-order valence-corrected chi connectivity index (χ1v) is 5.24. The summed E-state index contributed by atoms with van der Waals surface area (Å²) in [6, 6.07) is 8.23. The van der Waals surface area contributed by atoms with Gasteiger partial charge in [0.1, 0.15) is 5.75 Å². The molecule has 1 saturated heterocycles. The molecule has 1 aromatic carbocycles. The Morgan fingerprint density at radius 1 is 1.36 bits per heavy atom. The van der Waals surface area contributed by atoms with E-state index >= 15 is 0 Å². The first-order valence-electron chi connectivity index (χ1n) is 5.24. The molecule has 0 spiro atoms. The molecule has 1 unspecified atom stereocenters. The van der Waals surface area contributed by atoms with E-state index in [4.69, 9.17) is 9.47 Å². The van der Waals surface area contributed by atoms with Crippen molar-refractivity contribution in [2.45, 2.75) is 25.9 Å². The van der Waals surface area contributed by atoms with Crippen LogP contribution in [0.2, 0.25) is 0 Å². The van der Waals surface area contributed by atoms with Crippen molar-refractivity contribution in [1.82, 2.24) is 0 Å². The van der Waals surface area contributed by atoms with Crippen molar-refractivity contribution in [3.05, 3.63) is 29.8 Å². The third kappa shape index (κ3) is 2.07. The molecule has 1 heterocycles. The van der Waals surface area contributed by atoms with Gasteiger partial charge in [-0.1, -0.05) is 12.1 Å². The van der Waals surface area contributed by atoms with Gasteiger partial charge in [-0.25, -0.2) is 0 Å². The van der Waals surface area contributed by atoms with Crippen molar-refractivity contribution in [1.29, 1.82) is 0 Å². The molecule has 0 aromatic heterocycles. The van der Waals surface area contributed by atoms with Crippen LogP contribution in [-0.2, 0) is 4.74 Å². The zero-order valence-corrected chi connectivity index (χ0v) is 8.53. The van der Waals surface area contributed by atoms with Crippen molar-refractivity contribution in [3.63, 3.8) is 0 Å². The maximum Gasteiger partial charge on any atom is 0.119 e. The second kappa shape index (κ2) is 4.47. The molecule has 0 N–H and O–H groups in total. The summed E-state index contributed by atoms with van der Waals surface area (Å²) in [5, 5.41) is 0.